The molecule has 0 saturated heterocycles. The monoisotopic (exact) mass is 259 g/mol. The summed E-state index contributed by atoms with van der Waals surface area (Å²) in [6.45, 7) is 7.25. The number of pyridine rings is 1. The maximum Gasteiger partial charge on any atom is 0.138 e. The van der Waals surface area contributed by atoms with Gasteiger partial charge in [-0.1, -0.05) is 13.0 Å². The van der Waals surface area contributed by atoms with Gasteiger partial charge in [0.15, 0.2) is 0 Å². The lowest BCUT2D eigenvalue weighted by atomic mass is 10.1. The number of nitrogens with one attached hydrogen (secondary N) is 1. The highest BCUT2D eigenvalue weighted by atomic mass is 15.3. The van der Waals surface area contributed by atoms with Crippen LogP contribution >= 0.6 is 0 Å². The van der Waals surface area contributed by atoms with Gasteiger partial charge in [-0.3, -0.25) is 4.98 Å². The lowest BCUT2D eigenvalue weighted by Gasteiger charge is -2.18. The molecule has 1 unspecified atom stereocenters. The fourth-order valence-electron chi connectivity index (χ4n) is 2.17. The summed E-state index contributed by atoms with van der Waals surface area (Å²) in [4.78, 5) is 8.57. The van der Waals surface area contributed by atoms with Gasteiger partial charge in [0.2, 0.25) is 0 Å². The van der Waals surface area contributed by atoms with Gasteiger partial charge >= 0.3 is 0 Å². The van der Waals surface area contributed by atoms with E-state index in [9.17, 15) is 0 Å². The SMILES string of the molecule is CCNC(Cc1ncnn1C(C)C)c1cccnc1. The molecule has 0 amide bonds. The molecule has 5 nitrogen and oxygen atoms in total. The summed E-state index contributed by atoms with van der Waals surface area (Å²) in [5, 5.41) is 7.77. The Morgan fingerprint density at radius 2 is 2.21 bits per heavy atom. The molecule has 0 aromatic carbocycles. The van der Waals surface area contributed by atoms with E-state index in [0.29, 0.717) is 6.04 Å². The molecule has 2 aromatic heterocycles. The minimum atomic E-state index is 0.223. The van der Waals surface area contributed by atoms with Crippen molar-refractivity contribution in [2.75, 3.05) is 6.54 Å². The Morgan fingerprint density at radius 3 is 2.84 bits per heavy atom. The Labute approximate surface area is 114 Å². The van der Waals surface area contributed by atoms with Crippen molar-refractivity contribution in [1.82, 2.24) is 25.1 Å². The van der Waals surface area contributed by atoms with E-state index in [1.54, 1.807) is 12.5 Å². The van der Waals surface area contributed by atoms with Crippen molar-refractivity contribution in [2.45, 2.75) is 39.3 Å². The zero-order valence-corrected chi connectivity index (χ0v) is 11.7. The molecule has 0 aliphatic rings. The molecule has 19 heavy (non-hydrogen) atoms. The van der Waals surface area contributed by atoms with E-state index < -0.39 is 0 Å². The molecule has 1 N–H and O–H groups in total. The smallest absolute Gasteiger partial charge is 0.138 e. The summed E-state index contributed by atoms with van der Waals surface area (Å²) in [7, 11) is 0. The maximum absolute atomic E-state index is 4.38. The molecule has 2 rings (SSSR count). The molecule has 102 valence electrons. The zero-order valence-electron chi connectivity index (χ0n) is 11.7. The molecule has 0 aliphatic carbocycles. The molecular formula is C14H21N5. The highest BCUT2D eigenvalue weighted by Crippen LogP contribution is 2.17. The summed E-state index contributed by atoms with van der Waals surface area (Å²) in [6.07, 6.45) is 6.14. The normalized spacial score (nSPS) is 12.8. The van der Waals surface area contributed by atoms with Crippen LogP contribution in [-0.4, -0.2) is 26.3 Å². The van der Waals surface area contributed by atoms with Crippen LogP contribution in [0.5, 0.6) is 0 Å². The van der Waals surface area contributed by atoms with Crippen LogP contribution in [0.25, 0.3) is 0 Å². The summed E-state index contributed by atoms with van der Waals surface area (Å²) in [5.41, 5.74) is 1.18. The number of hydrogen-bond acceptors (Lipinski definition) is 4. The van der Waals surface area contributed by atoms with E-state index in [-0.39, 0.29) is 6.04 Å². The molecule has 0 aliphatic heterocycles. The Kier molecular flexibility index (Phi) is 4.63. The fraction of sp³-hybridized carbons (Fsp3) is 0.500. The van der Waals surface area contributed by atoms with Crippen molar-refractivity contribution in [2.24, 2.45) is 0 Å². The van der Waals surface area contributed by atoms with E-state index in [1.165, 1.54) is 5.56 Å². The van der Waals surface area contributed by atoms with E-state index >= 15 is 0 Å². The highest BCUT2D eigenvalue weighted by Gasteiger charge is 2.16. The van der Waals surface area contributed by atoms with Gasteiger partial charge in [-0.2, -0.15) is 5.10 Å². The third kappa shape index (κ3) is 3.38. The van der Waals surface area contributed by atoms with Crippen LogP contribution in [0.15, 0.2) is 30.9 Å². The van der Waals surface area contributed by atoms with E-state index in [1.807, 2.05) is 16.9 Å². The van der Waals surface area contributed by atoms with Gasteiger partial charge in [-0.25, -0.2) is 9.67 Å². The predicted molar refractivity (Wildman–Crippen MR) is 74.8 cm³/mol. The molecule has 0 bridgehead atoms. The molecule has 2 aromatic rings. The second-order valence-electron chi connectivity index (χ2n) is 4.82. The number of rotatable bonds is 6. The molecule has 2 heterocycles. The van der Waals surface area contributed by atoms with E-state index in [0.717, 1.165) is 18.8 Å². The van der Waals surface area contributed by atoms with Crippen LogP contribution in [0.1, 0.15) is 44.2 Å². The molecule has 0 fully saturated rings. The zero-order chi connectivity index (χ0) is 13.7. The summed E-state index contributed by atoms with van der Waals surface area (Å²) in [5.74, 6) is 1.00. The average Bonchev–Trinajstić information content (AvgIpc) is 2.88. The minimum Gasteiger partial charge on any atom is -0.310 e. The van der Waals surface area contributed by atoms with Crippen LogP contribution in [0.3, 0.4) is 0 Å². The van der Waals surface area contributed by atoms with Gasteiger partial charge in [0.1, 0.15) is 12.2 Å². The molecule has 0 radical (unpaired) electrons. The van der Waals surface area contributed by atoms with E-state index in [4.69, 9.17) is 0 Å². The van der Waals surface area contributed by atoms with Crippen molar-refractivity contribution < 1.29 is 0 Å². The Hall–Kier alpha value is -1.75. The van der Waals surface area contributed by atoms with Gasteiger partial charge in [-0.05, 0) is 32.0 Å². The lowest BCUT2D eigenvalue weighted by molar-refractivity contribution is 0.468. The van der Waals surface area contributed by atoms with Gasteiger partial charge < -0.3 is 5.32 Å². The standard InChI is InChI=1S/C14H21N5/c1-4-16-13(12-6-5-7-15-9-12)8-14-17-10-18-19(14)11(2)3/h5-7,9-11,13,16H,4,8H2,1-3H3. The number of nitrogens with zero attached hydrogens (tertiary/aromatic N) is 4. The Balaban J connectivity index is 2.19. The van der Waals surface area contributed by atoms with Crippen molar-refractivity contribution in [3.63, 3.8) is 0 Å². The molecule has 5 heteroatoms. The van der Waals surface area contributed by atoms with Gasteiger partial charge in [-0.15, -0.1) is 0 Å². The average molecular weight is 259 g/mol. The first-order chi connectivity index (χ1) is 9.22. The van der Waals surface area contributed by atoms with Crippen LogP contribution in [0.4, 0.5) is 0 Å². The summed E-state index contributed by atoms with van der Waals surface area (Å²) >= 11 is 0. The fourth-order valence-corrected chi connectivity index (χ4v) is 2.17. The van der Waals surface area contributed by atoms with Gasteiger partial charge in [0.25, 0.3) is 0 Å². The summed E-state index contributed by atoms with van der Waals surface area (Å²) < 4.78 is 1.97. The van der Waals surface area contributed by atoms with Crippen LogP contribution in [-0.2, 0) is 6.42 Å². The third-order valence-corrected chi connectivity index (χ3v) is 3.06. The Bertz CT molecular complexity index is 492. The molecular weight excluding hydrogens is 238 g/mol. The van der Waals surface area contributed by atoms with Crippen molar-refractivity contribution >= 4 is 0 Å². The molecule has 0 spiro atoms. The first-order valence-corrected chi connectivity index (χ1v) is 6.74. The van der Waals surface area contributed by atoms with Crippen molar-refractivity contribution in [1.29, 1.82) is 0 Å². The second-order valence-corrected chi connectivity index (χ2v) is 4.82. The van der Waals surface area contributed by atoms with E-state index in [2.05, 4.69) is 47.2 Å². The number of hydrogen-bond donors (Lipinski definition) is 1. The number of likely N-dealkylation sites (N-methyl/N-ethyl adjacent to an activating group) is 1. The topological polar surface area (TPSA) is 55.6 Å². The quantitative estimate of drug-likeness (QED) is 0.863. The maximum atomic E-state index is 4.38. The third-order valence-electron chi connectivity index (χ3n) is 3.06. The van der Waals surface area contributed by atoms with Crippen molar-refractivity contribution in [3.05, 3.63) is 42.2 Å². The van der Waals surface area contributed by atoms with Gasteiger partial charge in [0, 0.05) is 30.9 Å². The Morgan fingerprint density at radius 1 is 1.37 bits per heavy atom. The molecule has 0 saturated carbocycles. The van der Waals surface area contributed by atoms with Crippen molar-refractivity contribution in [3.8, 4) is 0 Å². The molecule has 1 atom stereocenters. The minimum absolute atomic E-state index is 0.223. The summed E-state index contributed by atoms with van der Waals surface area (Å²) in [6, 6.07) is 4.61. The first-order valence-electron chi connectivity index (χ1n) is 6.74. The lowest BCUT2D eigenvalue weighted by Crippen LogP contribution is -2.25. The van der Waals surface area contributed by atoms with Crippen LogP contribution in [0, 0.1) is 0 Å². The first kappa shape index (κ1) is 13.7. The largest absolute Gasteiger partial charge is 0.310 e. The van der Waals surface area contributed by atoms with Crippen LogP contribution < -0.4 is 5.32 Å². The second kappa shape index (κ2) is 6.43. The van der Waals surface area contributed by atoms with Gasteiger partial charge in [0.05, 0.1) is 0 Å². The highest BCUT2D eigenvalue weighted by molar-refractivity contribution is 5.15. The number of aromatic nitrogens is 4. The van der Waals surface area contributed by atoms with Crippen LogP contribution in [0.2, 0.25) is 0 Å². The predicted octanol–water partition coefficient (Wildman–Crippen LogP) is 2.15.